The van der Waals surface area contributed by atoms with Crippen molar-refractivity contribution in [3.05, 3.63) is 95.8 Å². The Kier molecular flexibility index (Phi) is 6.43. The van der Waals surface area contributed by atoms with Crippen molar-refractivity contribution in [2.24, 2.45) is 0 Å². The van der Waals surface area contributed by atoms with Crippen LogP contribution in [0.2, 0.25) is 0 Å². The lowest BCUT2D eigenvalue weighted by atomic mass is 10.2. The smallest absolute Gasteiger partial charge is 0.230 e. The Morgan fingerprint density at radius 2 is 1.68 bits per heavy atom. The summed E-state index contributed by atoms with van der Waals surface area (Å²) in [6.45, 7) is 2.50. The summed E-state index contributed by atoms with van der Waals surface area (Å²) in [5.74, 6) is 0.404. The number of carbonyl (C=O) groups is 1. The van der Waals surface area contributed by atoms with Crippen LogP contribution in [-0.4, -0.2) is 26.4 Å². The highest BCUT2D eigenvalue weighted by Gasteiger charge is 2.17. The molecule has 0 radical (unpaired) electrons. The highest BCUT2D eigenvalue weighted by atomic mass is 32.2. The first-order valence-electron chi connectivity index (χ1n) is 9.82. The van der Waals surface area contributed by atoms with Gasteiger partial charge in [-0.2, -0.15) is 0 Å². The van der Waals surface area contributed by atoms with Gasteiger partial charge in [-0.15, -0.1) is 10.2 Å². The van der Waals surface area contributed by atoms with Gasteiger partial charge in [0.15, 0.2) is 11.0 Å². The van der Waals surface area contributed by atoms with Gasteiger partial charge >= 0.3 is 0 Å². The fourth-order valence-electron chi connectivity index (χ4n) is 3.05. The number of nitrogens with zero attached hydrogens (tertiary/aromatic N) is 3. The topological polar surface area (TPSA) is 59.8 Å². The summed E-state index contributed by atoms with van der Waals surface area (Å²) in [5.41, 5.74) is 3.80. The molecule has 0 fully saturated rings. The summed E-state index contributed by atoms with van der Waals surface area (Å²) in [7, 11) is 0. The molecule has 0 atom stereocenters. The van der Waals surface area contributed by atoms with Crippen molar-refractivity contribution in [3.63, 3.8) is 0 Å². The van der Waals surface area contributed by atoms with E-state index in [1.807, 2.05) is 66.1 Å². The average Bonchev–Trinajstić information content (AvgIpc) is 3.22. The Bertz CT molecular complexity index is 1160. The molecular formula is C24H21FN4OS. The number of thioether (sulfide) groups is 1. The molecule has 1 amide bonds. The monoisotopic (exact) mass is 432 g/mol. The predicted octanol–water partition coefficient (Wildman–Crippen LogP) is 4.79. The minimum absolute atomic E-state index is 0.0874. The minimum atomic E-state index is -0.310. The molecule has 0 bridgehead atoms. The van der Waals surface area contributed by atoms with Crippen LogP contribution in [0.5, 0.6) is 0 Å². The van der Waals surface area contributed by atoms with Gasteiger partial charge in [0.2, 0.25) is 5.91 Å². The number of aryl methyl sites for hydroxylation is 1. The molecule has 1 heterocycles. The quantitative estimate of drug-likeness (QED) is 0.427. The van der Waals surface area contributed by atoms with E-state index in [4.69, 9.17) is 0 Å². The summed E-state index contributed by atoms with van der Waals surface area (Å²) < 4.78 is 15.3. The van der Waals surface area contributed by atoms with Crippen LogP contribution in [0.15, 0.2) is 84.0 Å². The van der Waals surface area contributed by atoms with Crippen molar-refractivity contribution in [2.75, 3.05) is 5.75 Å². The normalized spacial score (nSPS) is 10.8. The maximum Gasteiger partial charge on any atom is 0.230 e. The summed E-state index contributed by atoms with van der Waals surface area (Å²) >= 11 is 1.31. The highest BCUT2D eigenvalue weighted by Crippen LogP contribution is 2.28. The van der Waals surface area contributed by atoms with Crippen LogP contribution in [0.1, 0.15) is 11.1 Å². The molecule has 31 heavy (non-hydrogen) atoms. The van der Waals surface area contributed by atoms with Gasteiger partial charge in [0.1, 0.15) is 5.82 Å². The van der Waals surface area contributed by atoms with Gasteiger partial charge in [-0.25, -0.2) is 4.39 Å². The van der Waals surface area contributed by atoms with Crippen LogP contribution in [0, 0.1) is 12.7 Å². The second kappa shape index (κ2) is 9.57. The van der Waals surface area contributed by atoms with E-state index in [9.17, 15) is 9.18 Å². The molecule has 1 N–H and O–H groups in total. The van der Waals surface area contributed by atoms with Gasteiger partial charge in [0.05, 0.1) is 5.75 Å². The minimum Gasteiger partial charge on any atom is -0.351 e. The Morgan fingerprint density at radius 1 is 0.968 bits per heavy atom. The molecular weight excluding hydrogens is 411 g/mol. The number of hydrogen-bond acceptors (Lipinski definition) is 4. The average molecular weight is 433 g/mol. The maximum absolute atomic E-state index is 13.4. The van der Waals surface area contributed by atoms with Crippen molar-refractivity contribution in [2.45, 2.75) is 18.6 Å². The molecule has 0 unspecified atom stereocenters. The van der Waals surface area contributed by atoms with Gasteiger partial charge in [0, 0.05) is 17.8 Å². The lowest BCUT2D eigenvalue weighted by Gasteiger charge is -2.11. The van der Waals surface area contributed by atoms with Crippen LogP contribution in [0.25, 0.3) is 17.1 Å². The van der Waals surface area contributed by atoms with Crippen molar-refractivity contribution >= 4 is 17.7 Å². The Labute approximate surface area is 184 Å². The molecule has 3 aromatic carbocycles. The van der Waals surface area contributed by atoms with Crippen molar-refractivity contribution in [3.8, 4) is 17.1 Å². The van der Waals surface area contributed by atoms with E-state index in [2.05, 4.69) is 15.5 Å². The van der Waals surface area contributed by atoms with Crippen LogP contribution in [0.4, 0.5) is 4.39 Å². The number of nitrogens with one attached hydrogen (secondary N) is 1. The summed E-state index contributed by atoms with van der Waals surface area (Å²) in [6.07, 6.45) is 0. The fraction of sp³-hybridized carbons (Fsp3) is 0.125. The summed E-state index contributed by atoms with van der Waals surface area (Å²) in [5, 5.41) is 12.1. The molecule has 4 rings (SSSR count). The van der Waals surface area contributed by atoms with Crippen LogP contribution >= 0.6 is 11.8 Å². The zero-order valence-corrected chi connectivity index (χ0v) is 17.8. The summed E-state index contributed by atoms with van der Waals surface area (Å²) in [6, 6.07) is 23.9. The van der Waals surface area contributed by atoms with E-state index in [0.29, 0.717) is 17.5 Å². The first kappa shape index (κ1) is 20.8. The zero-order valence-electron chi connectivity index (χ0n) is 17.0. The third-order valence-corrected chi connectivity index (χ3v) is 5.62. The number of amides is 1. The molecule has 0 saturated carbocycles. The number of carbonyl (C=O) groups excluding carboxylic acids is 1. The fourth-order valence-corrected chi connectivity index (χ4v) is 3.84. The van der Waals surface area contributed by atoms with E-state index in [-0.39, 0.29) is 17.5 Å². The highest BCUT2D eigenvalue weighted by molar-refractivity contribution is 7.99. The van der Waals surface area contributed by atoms with Crippen LogP contribution < -0.4 is 5.32 Å². The molecule has 0 saturated heterocycles. The van der Waals surface area contributed by atoms with Gasteiger partial charge in [-0.05, 0) is 48.9 Å². The lowest BCUT2D eigenvalue weighted by Crippen LogP contribution is -2.24. The predicted molar refractivity (Wildman–Crippen MR) is 121 cm³/mol. The molecule has 0 aliphatic carbocycles. The SMILES string of the molecule is Cc1ccc(-n2c(SCC(=O)NCc3ccccc3)nnc2-c2ccc(F)cc2)cc1. The third-order valence-electron chi connectivity index (χ3n) is 4.69. The molecule has 0 aliphatic rings. The standard InChI is InChI=1S/C24H21FN4OS/c1-17-7-13-21(14-8-17)29-23(19-9-11-20(25)12-10-19)27-28-24(29)31-16-22(30)26-15-18-5-3-2-4-6-18/h2-14H,15-16H2,1H3,(H,26,30). The molecule has 4 aromatic rings. The summed E-state index contributed by atoms with van der Waals surface area (Å²) in [4.78, 5) is 12.4. The molecule has 5 nitrogen and oxygen atoms in total. The Morgan fingerprint density at radius 3 is 2.39 bits per heavy atom. The third kappa shape index (κ3) is 5.19. The lowest BCUT2D eigenvalue weighted by molar-refractivity contribution is -0.118. The van der Waals surface area contributed by atoms with E-state index >= 15 is 0 Å². The Hall–Kier alpha value is -3.45. The number of hydrogen-bond donors (Lipinski definition) is 1. The first-order chi connectivity index (χ1) is 15.1. The van der Waals surface area contributed by atoms with E-state index in [1.165, 1.54) is 23.9 Å². The Balaban J connectivity index is 1.55. The first-order valence-corrected chi connectivity index (χ1v) is 10.8. The second-order valence-electron chi connectivity index (χ2n) is 7.04. The number of rotatable bonds is 7. The van der Waals surface area contributed by atoms with Gasteiger partial charge < -0.3 is 5.32 Å². The molecule has 0 aliphatic heterocycles. The second-order valence-corrected chi connectivity index (χ2v) is 7.98. The van der Waals surface area contributed by atoms with E-state index in [0.717, 1.165) is 22.4 Å². The van der Waals surface area contributed by atoms with E-state index < -0.39 is 0 Å². The van der Waals surface area contributed by atoms with Gasteiger partial charge in [-0.3, -0.25) is 9.36 Å². The van der Waals surface area contributed by atoms with Crippen molar-refractivity contribution in [1.29, 1.82) is 0 Å². The maximum atomic E-state index is 13.4. The molecule has 156 valence electrons. The molecule has 7 heteroatoms. The molecule has 1 aromatic heterocycles. The van der Waals surface area contributed by atoms with Gasteiger partial charge in [-0.1, -0.05) is 59.8 Å². The molecule has 0 spiro atoms. The zero-order chi connectivity index (χ0) is 21.6. The largest absolute Gasteiger partial charge is 0.351 e. The van der Waals surface area contributed by atoms with E-state index in [1.54, 1.807) is 12.1 Å². The van der Waals surface area contributed by atoms with Crippen LogP contribution in [0.3, 0.4) is 0 Å². The van der Waals surface area contributed by atoms with Crippen molar-refractivity contribution < 1.29 is 9.18 Å². The number of benzene rings is 3. The number of aromatic nitrogens is 3. The van der Waals surface area contributed by atoms with Crippen molar-refractivity contribution in [1.82, 2.24) is 20.1 Å². The van der Waals surface area contributed by atoms with Crippen LogP contribution in [-0.2, 0) is 11.3 Å². The number of halogens is 1. The van der Waals surface area contributed by atoms with Gasteiger partial charge in [0.25, 0.3) is 0 Å².